The molecular formula is C14H19F2N3OSi. The van der Waals surface area contributed by atoms with Crippen LogP contribution in [0.3, 0.4) is 0 Å². The van der Waals surface area contributed by atoms with E-state index >= 15 is 0 Å². The van der Waals surface area contributed by atoms with Crippen LogP contribution in [0.1, 0.15) is 12.5 Å². The van der Waals surface area contributed by atoms with Crippen LogP contribution in [0.2, 0.25) is 13.1 Å². The van der Waals surface area contributed by atoms with Crippen LogP contribution in [0.5, 0.6) is 0 Å². The Balaban J connectivity index is 1.97. The van der Waals surface area contributed by atoms with Crippen molar-refractivity contribution in [3.05, 3.63) is 48.1 Å². The first-order valence-electron chi connectivity index (χ1n) is 6.80. The monoisotopic (exact) mass is 311 g/mol. The molecule has 0 aliphatic heterocycles. The fourth-order valence-corrected chi connectivity index (χ4v) is 4.79. The second kappa shape index (κ2) is 6.44. The van der Waals surface area contributed by atoms with Crippen LogP contribution in [-0.2, 0) is 17.0 Å². The molecule has 2 aromatic rings. The molecule has 7 heteroatoms. The van der Waals surface area contributed by atoms with Crippen molar-refractivity contribution in [2.45, 2.75) is 38.7 Å². The molecule has 0 amide bonds. The molecule has 0 saturated carbocycles. The van der Waals surface area contributed by atoms with Gasteiger partial charge in [-0.2, -0.15) is 5.10 Å². The summed E-state index contributed by atoms with van der Waals surface area (Å²) in [5.41, 5.74) is 0.501. The topological polar surface area (TPSA) is 39.9 Å². The van der Waals surface area contributed by atoms with Gasteiger partial charge in [0.2, 0.25) is 0 Å². The van der Waals surface area contributed by atoms with Crippen molar-refractivity contribution in [2.75, 3.05) is 0 Å². The molecule has 0 radical (unpaired) electrons. The van der Waals surface area contributed by atoms with Crippen LogP contribution in [0, 0.1) is 11.6 Å². The van der Waals surface area contributed by atoms with Crippen molar-refractivity contribution in [1.82, 2.24) is 14.8 Å². The van der Waals surface area contributed by atoms with Crippen LogP contribution in [0.25, 0.3) is 0 Å². The van der Waals surface area contributed by atoms with Crippen LogP contribution in [0.4, 0.5) is 8.78 Å². The van der Waals surface area contributed by atoms with E-state index in [1.165, 1.54) is 18.5 Å². The molecule has 0 aliphatic rings. The average molecular weight is 311 g/mol. The summed E-state index contributed by atoms with van der Waals surface area (Å²) in [7, 11) is -2.11. The molecule has 1 unspecified atom stereocenters. The highest BCUT2D eigenvalue weighted by Gasteiger charge is 2.27. The molecule has 0 aliphatic carbocycles. The molecule has 0 bridgehead atoms. The van der Waals surface area contributed by atoms with Crippen molar-refractivity contribution in [1.29, 1.82) is 0 Å². The van der Waals surface area contributed by atoms with Gasteiger partial charge in [0.15, 0.2) is 8.32 Å². The molecule has 1 aromatic heterocycles. The number of halogens is 2. The quantitative estimate of drug-likeness (QED) is 0.770. The predicted octanol–water partition coefficient (Wildman–Crippen LogP) is 2.95. The first-order valence-corrected chi connectivity index (χ1v) is 9.91. The summed E-state index contributed by atoms with van der Waals surface area (Å²) >= 11 is 0. The van der Waals surface area contributed by atoms with E-state index < -0.39 is 20.0 Å². The first-order chi connectivity index (χ1) is 9.85. The third kappa shape index (κ3) is 4.71. The number of nitrogens with zero attached hydrogens (tertiary/aromatic N) is 3. The molecule has 1 aromatic carbocycles. The normalized spacial score (nSPS) is 13.4. The Hall–Kier alpha value is -1.60. The fraction of sp³-hybridized carbons (Fsp3) is 0.429. The summed E-state index contributed by atoms with van der Waals surface area (Å²) in [4.78, 5) is 3.88. The predicted molar refractivity (Wildman–Crippen MR) is 78.1 cm³/mol. The minimum Gasteiger partial charge on any atom is -0.413 e. The van der Waals surface area contributed by atoms with E-state index in [1.54, 1.807) is 11.0 Å². The fourth-order valence-electron chi connectivity index (χ4n) is 2.34. The highest BCUT2D eigenvalue weighted by Crippen LogP contribution is 2.19. The van der Waals surface area contributed by atoms with E-state index in [0.29, 0.717) is 18.2 Å². The molecule has 2 rings (SSSR count). The van der Waals surface area contributed by atoms with Gasteiger partial charge in [-0.25, -0.2) is 13.8 Å². The second-order valence-electron chi connectivity index (χ2n) is 5.72. The van der Waals surface area contributed by atoms with Crippen LogP contribution >= 0.6 is 0 Å². The number of rotatable bonds is 6. The van der Waals surface area contributed by atoms with Crippen molar-refractivity contribution in [3.63, 3.8) is 0 Å². The average Bonchev–Trinajstić information content (AvgIpc) is 2.84. The van der Waals surface area contributed by atoms with Gasteiger partial charge in [0.1, 0.15) is 24.3 Å². The SMILES string of the molecule is CC(Cn1cncn1)O[Si](C)(C)Cc1ccc(F)cc1F. The number of aromatic nitrogens is 3. The van der Waals surface area contributed by atoms with Crippen LogP contribution in [0.15, 0.2) is 30.9 Å². The van der Waals surface area contributed by atoms with Gasteiger partial charge < -0.3 is 4.43 Å². The number of hydrogen-bond acceptors (Lipinski definition) is 3. The molecule has 1 atom stereocenters. The van der Waals surface area contributed by atoms with Crippen LogP contribution in [-0.4, -0.2) is 29.2 Å². The zero-order chi connectivity index (χ0) is 15.5. The van der Waals surface area contributed by atoms with Crippen molar-refractivity contribution >= 4 is 8.32 Å². The maximum atomic E-state index is 13.7. The minimum atomic E-state index is -2.11. The highest BCUT2D eigenvalue weighted by atomic mass is 28.4. The van der Waals surface area contributed by atoms with E-state index in [4.69, 9.17) is 4.43 Å². The number of benzene rings is 1. The van der Waals surface area contributed by atoms with Crippen molar-refractivity contribution in [2.24, 2.45) is 0 Å². The van der Waals surface area contributed by atoms with E-state index in [2.05, 4.69) is 10.1 Å². The molecular weight excluding hydrogens is 292 g/mol. The highest BCUT2D eigenvalue weighted by molar-refractivity contribution is 6.70. The maximum absolute atomic E-state index is 13.7. The van der Waals surface area contributed by atoms with Gasteiger partial charge >= 0.3 is 0 Å². The maximum Gasteiger partial charge on any atom is 0.191 e. The Morgan fingerprint density at radius 2 is 2.10 bits per heavy atom. The van der Waals surface area contributed by atoms with Gasteiger partial charge in [0.05, 0.1) is 12.6 Å². The van der Waals surface area contributed by atoms with Gasteiger partial charge in [-0.3, -0.25) is 4.68 Å². The standard InChI is InChI=1S/C14H19F2N3OSi/c1-11(7-19-10-17-9-18-19)20-21(2,3)8-12-4-5-13(15)6-14(12)16/h4-6,9-11H,7-8H2,1-3H3. The summed E-state index contributed by atoms with van der Waals surface area (Å²) in [5.74, 6) is -1.07. The lowest BCUT2D eigenvalue weighted by Crippen LogP contribution is -2.39. The summed E-state index contributed by atoms with van der Waals surface area (Å²) in [6.45, 7) is 6.60. The molecule has 0 N–H and O–H groups in total. The lowest BCUT2D eigenvalue weighted by atomic mass is 10.2. The molecule has 0 spiro atoms. The third-order valence-electron chi connectivity index (χ3n) is 3.06. The summed E-state index contributed by atoms with van der Waals surface area (Å²) in [6, 6.07) is 4.19. The van der Waals surface area contributed by atoms with E-state index in [-0.39, 0.29) is 6.10 Å². The Morgan fingerprint density at radius 3 is 2.71 bits per heavy atom. The van der Waals surface area contributed by atoms with E-state index in [0.717, 1.165) is 6.07 Å². The van der Waals surface area contributed by atoms with Crippen LogP contribution < -0.4 is 0 Å². The summed E-state index contributed by atoms with van der Waals surface area (Å²) in [6.07, 6.45) is 3.06. The Kier molecular flexibility index (Phi) is 4.84. The first kappa shape index (κ1) is 15.8. The van der Waals surface area contributed by atoms with Gasteiger partial charge in [0, 0.05) is 6.07 Å². The van der Waals surface area contributed by atoms with Gasteiger partial charge in [-0.15, -0.1) is 0 Å². The van der Waals surface area contributed by atoms with E-state index in [1.807, 2.05) is 20.0 Å². The lowest BCUT2D eigenvalue weighted by molar-refractivity contribution is 0.183. The van der Waals surface area contributed by atoms with Crippen molar-refractivity contribution in [3.8, 4) is 0 Å². The van der Waals surface area contributed by atoms with Gasteiger partial charge in [0.25, 0.3) is 0 Å². The van der Waals surface area contributed by atoms with Gasteiger partial charge in [-0.1, -0.05) is 6.07 Å². The molecule has 4 nitrogen and oxygen atoms in total. The Labute approximate surface area is 123 Å². The summed E-state index contributed by atoms with van der Waals surface area (Å²) in [5, 5.41) is 4.03. The van der Waals surface area contributed by atoms with Gasteiger partial charge in [-0.05, 0) is 37.7 Å². The molecule has 1 heterocycles. The Morgan fingerprint density at radius 1 is 1.33 bits per heavy atom. The molecule has 0 saturated heterocycles. The van der Waals surface area contributed by atoms with E-state index in [9.17, 15) is 8.78 Å². The molecule has 21 heavy (non-hydrogen) atoms. The zero-order valence-corrected chi connectivity index (χ0v) is 13.4. The minimum absolute atomic E-state index is 0.0446. The number of hydrogen-bond donors (Lipinski definition) is 0. The smallest absolute Gasteiger partial charge is 0.191 e. The van der Waals surface area contributed by atoms with Crippen molar-refractivity contribution < 1.29 is 13.2 Å². The molecule has 0 fully saturated rings. The largest absolute Gasteiger partial charge is 0.413 e. The summed E-state index contributed by atoms with van der Waals surface area (Å²) < 4.78 is 34.4. The zero-order valence-electron chi connectivity index (χ0n) is 12.4. The third-order valence-corrected chi connectivity index (χ3v) is 5.34. The molecule has 114 valence electrons. The Bertz CT molecular complexity index is 590. The second-order valence-corrected chi connectivity index (χ2v) is 9.83. The lowest BCUT2D eigenvalue weighted by Gasteiger charge is -2.27.